The fraction of sp³-hybridized carbons (Fsp3) is 0.364. The molecule has 1 aliphatic heterocycles. The van der Waals surface area contributed by atoms with Crippen molar-refractivity contribution in [3.63, 3.8) is 0 Å². The van der Waals surface area contributed by atoms with E-state index in [0.29, 0.717) is 25.4 Å². The highest BCUT2D eigenvalue weighted by atomic mass is 127. The van der Waals surface area contributed by atoms with E-state index < -0.39 is 0 Å². The first-order valence-corrected chi connectivity index (χ1v) is 10.00. The molecule has 0 atom stereocenters. The van der Waals surface area contributed by atoms with E-state index in [9.17, 15) is 4.79 Å². The summed E-state index contributed by atoms with van der Waals surface area (Å²) in [5, 5.41) is 9.50. The van der Waals surface area contributed by atoms with Crippen LogP contribution in [0.2, 0.25) is 0 Å². The summed E-state index contributed by atoms with van der Waals surface area (Å²) in [6, 6.07) is 15.2. The van der Waals surface area contributed by atoms with Crippen LogP contribution in [0.1, 0.15) is 29.3 Å². The van der Waals surface area contributed by atoms with Gasteiger partial charge in [-0.2, -0.15) is 0 Å². The zero-order chi connectivity index (χ0) is 20.3. The molecule has 0 radical (unpaired) electrons. The molecule has 0 spiro atoms. The van der Waals surface area contributed by atoms with Gasteiger partial charge in [0, 0.05) is 31.7 Å². The molecule has 2 aromatic carbocycles. The Morgan fingerprint density at radius 1 is 1.00 bits per heavy atom. The van der Waals surface area contributed by atoms with Crippen LogP contribution in [0.25, 0.3) is 0 Å². The van der Waals surface area contributed by atoms with Crippen LogP contribution >= 0.6 is 24.0 Å². The number of nitrogens with zero attached hydrogens (tertiary/aromatic N) is 1. The molecule has 3 N–H and O–H groups in total. The number of halogens is 1. The molecule has 0 aromatic heterocycles. The fourth-order valence-electron chi connectivity index (χ4n) is 2.93. The molecular formula is C22H29IN4O3. The summed E-state index contributed by atoms with van der Waals surface area (Å²) in [6.45, 7) is 5.11. The number of hydrogen-bond acceptors (Lipinski definition) is 4. The third-order valence-electron chi connectivity index (χ3n) is 4.41. The van der Waals surface area contributed by atoms with Gasteiger partial charge in [0.15, 0.2) is 17.5 Å². The quantitative estimate of drug-likeness (QED) is 0.204. The van der Waals surface area contributed by atoms with Gasteiger partial charge in [0.25, 0.3) is 5.91 Å². The average molecular weight is 524 g/mol. The molecule has 3 rings (SSSR count). The first-order chi connectivity index (χ1) is 14.3. The van der Waals surface area contributed by atoms with Gasteiger partial charge in [-0.05, 0) is 49.6 Å². The summed E-state index contributed by atoms with van der Waals surface area (Å²) in [6.07, 6.45) is 1.63. The van der Waals surface area contributed by atoms with Crippen molar-refractivity contribution in [3.8, 4) is 11.5 Å². The number of hydrogen-bond donors (Lipinski definition) is 3. The zero-order valence-electron chi connectivity index (χ0n) is 17.1. The Balaban J connectivity index is 0.00000320. The lowest BCUT2D eigenvalue weighted by Gasteiger charge is -2.11. The van der Waals surface area contributed by atoms with Gasteiger partial charge in [-0.1, -0.05) is 24.3 Å². The number of carbonyl (C=O) groups excluding carboxylic acids is 1. The summed E-state index contributed by atoms with van der Waals surface area (Å²) in [4.78, 5) is 16.6. The molecule has 1 aliphatic rings. The molecule has 0 unspecified atom stereocenters. The lowest BCUT2D eigenvalue weighted by atomic mass is 10.1. The van der Waals surface area contributed by atoms with Crippen LogP contribution in [-0.2, 0) is 6.42 Å². The topological polar surface area (TPSA) is 84.0 Å². The highest BCUT2D eigenvalue weighted by molar-refractivity contribution is 14.0. The van der Waals surface area contributed by atoms with E-state index in [1.165, 1.54) is 5.56 Å². The number of guanidine groups is 1. The van der Waals surface area contributed by atoms with E-state index in [1.54, 1.807) is 12.1 Å². The van der Waals surface area contributed by atoms with Crippen molar-refractivity contribution in [3.05, 3.63) is 59.7 Å². The Morgan fingerprint density at radius 3 is 2.60 bits per heavy atom. The largest absolute Gasteiger partial charge is 0.454 e. The third kappa shape index (κ3) is 7.40. The molecule has 2 aromatic rings. The summed E-state index contributed by atoms with van der Waals surface area (Å²) >= 11 is 0. The van der Waals surface area contributed by atoms with Crippen LogP contribution in [0.15, 0.2) is 53.5 Å². The van der Waals surface area contributed by atoms with Gasteiger partial charge < -0.3 is 25.4 Å². The monoisotopic (exact) mass is 524 g/mol. The predicted molar refractivity (Wildman–Crippen MR) is 129 cm³/mol. The van der Waals surface area contributed by atoms with Gasteiger partial charge in [0.1, 0.15) is 0 Å². The van der Waals surface area contributed by atoms with E-state index in [2.05, 4.69) is 27.0 Å². The number of ether oxygens (including phenoxy) is 2. The van der Waals surface area contributed by atoms with Crippen LogP contribution in [-0.4, -0.2) is 44.8 Å². The Labute approximate surface area is 194 Å². The van der Waals surface area contributed by atoms with Crippen LogP contribution in [0.5, 0.6) is 11.5 Å². The van der Waals surface area contributed by atoms with Crippen LogP contribution in [0, 0.1) is 0 Å². The number of nitrogens with one attached hydrogen (secondary N) is 3. The lowest BCUT2D eigenvalue weighted by molar-refractivity contribution is 0.0953. The van der Waals surface area contributed by atoms with E-state index in [-0.39, 0.29) is 29.9 Å². The Kier molecular flexibility index (Phi) is 10.3. The first-order valence-electron chi connectivity index (χ1n) is 10.00. The molecule has 0 bridgehead atoms. The minimum Gasteiger partial charge on any atom is -0.454 e. The molecule has 1 heterocycles. The van der Waals surface area contributed by atoms with Crippen molar-refractivity contribution in [1.29, 1.82) is 0 Å². The maximum Gasteiger partial charge on any atom is 0.251 e. The van der Waals surface area contributed by atoms with E-state index in [4.69, 9.17) is 9.47 Å². The average Bonchev–Trinajstić information content (AvgIpc) is 3.22. The minimum atomic E-state index is -0.0525. The first kappa shape index (κ1) is 23.8. The number of carbonyl (C=O) groups is 1. The molecule has 0 saturated carbocycles. The summed E-state index contributed by atoms with van der Waals surface area (Å²) < 4.78 is 10.8. The molecular weight excluding hydrogens is 495 g/mol. The molecule has 8 heteroatoms. The molecule has 1 amide bonds. The van der Waals surface area contributed by atoms with Gasteiger partial charge in [0.2, 0.25) is 6.79 Å². The normalized spacial score (nSPS) is 12.1. The van der Waals surface area contributed by atoms with Crippen molar-refractivity contribution in [2.75, 3.05) is 33.0 Å². The molecule has 7 nitrogen and oxygen atoms in total. The van der Waals surface area contributed by atoms with Gasteiger partial charge in [-0.15, -0.1) is 24.0 Å². The van der Waals surface area contributed by atoms with Crippen molar-refractivity contribution in [2.24, 2.45) is 4.99 Å². The second-order valence-corrected chi connectivity index (χ2v) is 6.60. The highest BCUT2D eigenvalue weighted by Crippen LogP contribution is 2.32. The number of benzene rings is 2. The van der Waals surface area contributed by atoms with Crippen molar-refractivity contribution in [2.45, 2.75) is 19.8 Å². The second-order valence-electron chi connectivity index (χ2n) is 6.60. The predicted octanol–water partition coefficient (Wildman–Crippen LogP) is 2.95. The fourth-order valence-corrected chi connectivity index (χ4v) is 2.93. The Bertz CT molecular complexity index is 830. The molecule has 0 saturated heterocycles. The molecule has 162 valence electrons. The van der Waals surface area contributed by atoms with Crippen molar-refractivity contribution < 1.29 is 14.3 Å². The maximum atomic E-state index is 12.0. The van der Waals surface area contributed by atoms with Crippen LogP contribution < -0.4 is 25.4 Å². The molecule has 0 aliphatic carbocycles. The molecule has 30 heavy (non-hydrogen) atoms. The smallest absolute Gasteiger partial charge is 0.251 e. The second kappa shape index (κ2) is 12.9. The van der Waals surface area contributed by atoms with Gasteiger partial charge in [-0.3, -0.25) is 9.79 Å². The highest BCUT2D eigenvalue weighted by Gasteiger charge is 2.12. The Morgan fingerprint density at radius 2 is 1.80 bits per heavy atom. The number of fused-ring (bicyclic) bond motifs is 1. The van der Waals surface area contributed by atoms with Crippen LogP contribution in [0.3, 0.4) is 0 Å². The zero-order valence-corrected chi connectivity index (χ0v) is 19.5. The number of amides is 1. The summed E-state index contributed by atoms with van der Waals surface area (Å²) in [5.41, 5.74) is 1.86. The van der Waals surface area contributed by atoms with Crippen molar-refractivity contribution in [1.82, 2.24) is 16.0 Å². The SMILES string of the molecule is CCNC(=NCCCNC(=O)c1ccccc1)NCCc1ccc2c(c1)OCO2.I. The van der Waals surface area contributed by atoms with Crippen LogP contribution in [0.4, 0.5) is 0 Å². The standard InChI is InChI=1S/C22H28N4O3.HI/c1-2-23-22(25-13-6-12-24-21(27)18-7-4-3-5-8-18)26-14-11-17-9-10-19-20(15-17)29-16-28-19;/h3-5,7-10,15H,2,6,11-14,16H2,1H3,(H,24,27)(H2,23,25,26);1H. The number of aliphatic imine (C=N–C) groups is 1. The number of rotatable bonds is 9. The van der Waals surface area contributed by atoms with E-state index >= 15 is 0 Å². The molecule has 0 fully saturated rings. The van der Waals surface area contributed by atoms with Gasteiger partial charge >= 0.3 is 0 Å². The van der Waals surface area contributed by atoms with Gasteiger partial charge in [-0.25, -0.2) is 0 Å². The Hall–Kier alpha value is -2.49. The van der Waals surface area contributed by atoms with Gasteiger partial charge in [0.05, 0.1) is 0 Å². The maximum absolute atomic E-state index is 12.0. The van der Waals surface area contributed by atoms with Crippen molar-refractivity contribution >= 4 is 35.8 Å². The van der Waals surface area contributed by atoms with E-state index in [1.807, 2.05) is 37.3 Å². The third-order valence-corrected chi connectivity index (χ3v) is 4.41. The lowest BCUT2D eigenvalue weighted by Crippen LogP contribution is -2.38. The summed E-state index contributed by atoms with van der Waals surface area (Å²) in [5.74, 6) is 2.34. The summed E-state index contributed by atoms with van der Waals surface area (Å²) in [7, 11) is 0. The minimum absolute atomic E-state index is 0. The van der Waals surface area contributed by atoms with E-state index in [0.717, 1.165) is 43.4 Å².